The molecule has 13 N–H and O–H groups in total. The zero-order valence-electron chi connectivity index (χ0n) is 24.0. The molecular formula is C25H40N2O19. The fraction of sp³-hybridized carbons (Fsp3) is 0.960. The van der Waals surface area contributed by atoms with Crippen LogP contribution in [-0.2, 0) is 42.6 Å². The third-order valence-electron chi connectivity index (χ3n) is 9.19. The molecule has 4 bridgehead atoms. The standard InChI is InChI=1S/C25H40N2O19/c26-24(27)25(20(36)11(32)9(30)6(2-29)45-25)46-16-8-4-39-19(16)14(35)23(42-8)44-17-10(31)5(1-28)41-22(13(17)34)43-15-7-3-38-18(15)12(33)21(37)40-7/h5-23,28-37H,1-4H2,(H3,26,27)/t5-,6-,7+,8+,9+,10-,11+,12+,13-,14+,15+,16+,17+,18+,19+,20-,21-,22+,23+,25-/m1/s1. The van der Waals surface area contributed by atoms with E-state index in [1.807, 2.05) is 0 Å². The molecule has 0 radical (unpaired) electrons. The van der Waals surface area contributed by atoms with Crippen molar-refractivity contribution in [1.29, 1.82) is 5.41 Å². The van der Waals surface area contributed by atoms with Crippen molar-refractivity contribution >= 4 is 5.84 Å². The number of aliphatic hydroxyl groups is 10. The minimum Gasteiger partial charge on any atom is -0.394 e. The Morgan fingerprint density at radius 2 is 1.26 bits per heavy atom. The fourth-order valence-corrected chi connectivity index (χ4v) is 6.65. The first kappa shape index (κ1) is 34.6. The van der Waals surface area contributed by atoms with E-state index in [-0.39, 0.29) is 13.2 Å². The van der Waals surface area contributed by atoms with Crippen molar-refractivity contribution in [3.63, 3.8) is 0 Å². The number of amidine groups is 1. The molecule has 6 fully saturated rings. The number of hydrogen-bond acceptors (Lipinski definition) is 20. The quantitative estimate of drug-likeness (QED) is 0.0799. The molecule has 6 aliphatic rings. The Labute approximate surface area is 259 Å². The van der Waals surface area contributed by atoms with Gasteiger partial charge in [-0.3, -0.25) is 5.41 Å². The maximum absolute atomic E-state index is 11.2. The molecule has 46 heavy (non-hydrogen) atoms. The Morgan fingerprint density at radius 3 is 1.89 bits per heavy atom. The largest absolute Gasteiger partial charge is 0.394 e. The van der Waals surface area contributed by atoms with Crippen LogP contribution in [0.3, 0.4) is 0 Å². The summed E-state index contributed by atoms with van der Waals surface area (Å²) >= 11 is 0. The Bertz CT molecular complexity index is 1090. The third kappa shape index (κ3) is 5.65. The lowest BCUT2D eigenvalue weighted by Gasteiger charge is -2.50. The number of rotatable bonds is 9. The van der Waals surface area contributed by atoms with E-state index in [1.54, 1.807) is 0 Å². The highest BCUT2D eigenvalue weighted by Gasteiger charge is 2.63. The van der Waals surface area contributed by atoms with Crippen LogP contribution in [-0.4, -0.2) is 206 Å². The number of fused-ring (bicyclic) bond motifs is 4. The van der Waals surface area contributed by atoms with Gasteiger partial charge in [0, 0.05) is 0 Å². The lowest BCUT2D eigenvalue weighted by molar-refractivity contribution is -0.381. The SMILES string of the molecule is N=C(N)[C@@]1(O[C@@H]2[C@H]3OC[C@@H]2O[C@@H](O[C@@H]2[C@@H](O)[C@H](O[C@@H]4[C@H]5OC[C@@H]4O[C@@H](O)[C@H]5O)O[C@H](CO)[C@H]2O)[C@H]3O)O[C@H](CO)[C@H](O)[C@H](O)[C@H]1O. The van der Waals surface area contributed by atoms with Crippen LogP contribution in [0.4, 0.5) is 0 Å². The van der Waals surface area contributed by atoms with E-state index < -0.39 is 141 Å². The minimum absolute atomic E-state index is 0.0421. The first-order valence-electron chi connectivity index (χ1n) is 14.7. The number of ether oxygens (including phenoxy) is 9. The summed E-state index contributed by atoms with van der Waals surface area (Å²) in [6.07, 6.45) is -28.4. The molecule has 6 rings (SSSR count). The van der Waals surface area contributed by atoms with Gasteiger partial charge in [-0.25, -0.2) is 0 Å². The molecular weight excluding hydrogens is 632 g/mol. The molecule has 264 valence electrons. The summed E-state index contributed by atoms with van der Waals surface area (Å²) in [6.45, 7) is -1.86. The normalized spacial score (nSPS) is 55.4. The molecule has 21 nitrogen and oxygen atoms in total. The van der Waals surface area contributed by atoms with Gasteiger partial charge in [0.25, 0.3) is 5.79 Å². The Morgan fingerprint density at radius 1 is 0.674 bits per heavy atom. The number of nitrogens with one attached hydrogen (secondary N) is 1. The smallest absolute Gasteiger partial charge is 0.257 e. The molecule has 0 unspecified atom stereocenters. The molecule has 0 aromatic rings. The summed E-state index contributed by atoms with van der Waals surface area (Å²) < 4.78 is 50.7. The van der Waals surface area contributed by atoms with E-state index in [2.05, 4.69) is 0 Å². The molecule has 6 aliphatic heterocycles. The molecule has 0 aliphatic carbocycles. The average Bonchev–Trinajstić information content (AvgIpc) is 3.51. The van der Waals surface area contributed by atoms with Crippen molar-refractivity contribution < 1.29 is 93.7 Å². The fourth-order valence-electron chi connectivity index (χ4n) is 6.65. The zero-order chi connectivity index (χ0) is 33.2. The molecule has 0 aromatic carbocycles. The lowest BCUT2D eigenvalue weighted by Crippen LogP contribution is -2.72. The van der Waals surface area contributed by atoms with Crippen LogP contribution in [0, 0.1) is 5.41 Å². The lowest BCUT2D eigenvalue weighted by atomic mass is 9.91. The van der Waals surface area contributed by atoms with Crippen molar-refractivity contribution in [3.05, 3.63) is 0 Å². The van der Waals surface area contributed by atoms with Crippen LogP contribution in [0.1, 0.15) is 0 Å². The van der Waals surface area contributed by atoms with Crippen LogP contribution >= 0.6 is 0 Å². The minimum atomic E-state index is -2.60. The van der Waals surface area contributed by atoms with Gasteiger partial charge in [-0.2, -0.15) is 0 Å². The van der Waals surface area contributed by atoms with E-state index in [0.29, 0.717) is 0 Å². The molecule has 6 heterocycles. The Balaban J connectivity index is 1.16. The van der Waals surface area contributed by atoms with Crippen molar-refractivity contribution in [1.82, 2.24) is 0 Å². The predicted octanol–water partition coefficient (Wildman–Crippen LogP) is -8.35. The summed E-state index contributed by atoms with van der Waals surface area (Å²) in [5.74, 6) is -3.53. The molecule has 0 aromatic heterocycles. The Hall–Kier alpha value is -1.29. The number of hydrogen-bond donors (Lipinski definition) is 12. The number of aliphatic hydroxyl groups excluding tert-OH is 10. The first-order valence-corrected chi connectivity index (χ1v) is 14.7. The second-order valence-corrected chi connectivity index (χ2v) is 12.0. The highest BCUT2D eigenvalue weighted by molar-refractivity contribution is 5.85. The van der Waals surface area contributed by atoms with E-state index >= 15 is 0 Å². The van der Waals surface area contributed by atoms with E-state index in [0.717, 1.165) is 0 Å². The summed E-state index contributed by atoms with van der Waals surface area (Å²) in [5, 5.41) is 112. The molecule has 0 spiro atoms. The monoisotopic (exact) mass is 672 g/mol. The van der Waals surface area contributed by atoms with Gasteiger partial charge >= 0.3 is 0 Å². The van der Waals surface area contributed by atoms with Crippen LogP contribution in [0.5, 0.6) is 0 Å². The highest BCUT2D eigenvalue weighted by Crippen LogP contribution is 2.41. The zero-order valence-corrected chi connectivity index (χ0v) is 24.0. The van der Waals surface area contributed by atoms with Crippen molar-refractivity contribution in [2.45, 2.75) is 122 Å². The van der Waals surface area contributed by atoms with Crippen molar-refractivity contribution in [2.24, 2.45) is 5.73 Å². The summed E-state index contributed by atoms with van der Waals surface area (Å²) in [7, 11) is 0. The van der Waals surface area contributed by atoms with Crippen LogP contribution in [0.25, 0.3) is 0 Å². The van der Waals surface area contributed by atoms with Gasteiger partial charge in [-0.15, -0.1) is 0 Å². The molecule has 21 heteroatoms. The molecule has 6 saturated heterocycles. The maximum atomic E-state index is 11.2. The van der Waals surface area contributed by atoms with Crippen LogP contribution < -0.4 is 5.73 Å². The second-order valence-electron chi connectivity index (χ2n) is 12.0. The molecule has 0 amide bonds. The van der Waals surface area contributed by atoms with Gasteiger partial charge in [0.2, 0.25) is 0 Å². The second kappa shape index (κ2) is 13.2. The summed E-state index contributed by atoms with van der Waals surface area (Å²) in [6, 6.07) is 0. The first-order chi connectivity index (χ1) is 21.8. The van der Waals surface area contributed by atoms with Crippen LogP contribution in [0.2, 0.25) is 0 Å². The topological polar surface area (TPSA) is 335 Å². The van der Waals surface area contributed by atoms with E-state index in [4.69, 9.17) is 53.8 Å². The van der Waals surface area contributed by atoms with Crippen molar-refractivity contribution in [2.75, 3.05) is 26.4 Å². The molecule has 20 atom stereocenters. The number of nitrogens with two attached hydrogens (primary N) is 1. The van der Waals surface area contributed by atoms with Gasteiger partial charge in [-0.1, -0.05) is 0 Å². The predicted molar refractivity (Wildman–Crippen MR) is 138 cm³/mol. The Kier molecular flexibility index (Phi) is 9.92. The van der Waals surface area contributed by atoms with Gasteiger partial charge in [-0.05, 0) is 0 Å². The van der Waals surface area contributed by atoms with Crippen molar-refractivity contribution in [3.8, 4) is 0 Å². The summed E-state index contributed by atoms with van der Waals surface area (Å²) in [4.78, 5) is 0. The van der Waals surface area contributed by atoms with E-state index in [9.17, 15) is 51.1 Å². The van der Waals surface area contributed by atoms with Gasteiger partial charge in [0.1, 0.15) is 97.7 Å². The van der Waals surface area contributed by atoms with Gasteiger partial charge in [0.05, 0.1) is 26.4 Å². The molecule has 0 saturated carbocycles. The summed E-state index contributed by atoms with van der Waals surface area (Å²) in [5.41, 5.74) is 5.69. The van der Waals surface area contributed by atoms with Crippen LogP contribution in [0.15, 0.2) is 0 Å². The third-order valence-corrected chi connectivity index (χ3v) is 9.19. The highest BCUT2D eigenvalue weighted by atomic mass is 16.8. The maximum Gasteiger partial charge on any atom is 0.257 e. The van der Waals surface area contributed by atoms with Gasteiger partial charge < -0.3 is 99.4 Å². The van der Waals surface area contributed by atoms with Gasteiger partial charge in [0.15, 0.2) is 24.7 Å². The average molecular weight is 673 g/mol. The van der Waals surface area contributed by atoms with E-state index in [1.165, 1.54) is 0 Å².